The average Bonchev–Trinajstić information content (AvgIpc) is 2.88. The second-order valence-corrected chi connectivity index (χ2v) is 9.55. The van der Waals surface area contributed by atoms with Crippen LogP contribution >= 0.6 is 23.2 Å². The third-order valence-corrected chi connectivity index (χ3v) is 6.92. The highest BCUT2D eigenvalue weighted by Gasteiger charge is 2.17. The summed E-state index contributed by atoms with van der Waals surface area (Å²) in [6, 6.07) is 9.01. The molecule has 0 saturated carbocycles. The fourth-order valence-electron chi connectivity index (χ4n) is 4.20. The normalized spacial score (nSPS) is 14.6. The van der Waals surface area contributed by atoms with E-state index in [2.05, 4.69) is 33.2 Å². The summed E-state index contributed by atoms with van der Waals surface area (Å²) in [5.41, 5.74) is 2.61. The number of aromatic nitrogens is 1. The molecule has 1 aromatic heterocycles. The zero-order valence-corrected chi connectivity index (χ0v) is 21.9. The van der Waals surface area contributed by atoms with Crippen LogP contribution in [0.3, 0.4) is 0 Å². The van der Waals surface area contributed by atoms with Crippen molar-refractivity contribution >= 4 is 45.5 Å². The third kappa shape index (κ3) is 5.94. The number of aliphatic hydroxyl groups excluding tert-OH is 1. The number of nitrogens with zero attached hydrogens (tertiary/aromatic N) is 4. The number of fused-ring (bicyclic) bond motifs is 1. The van der Waals surface area contributed by atoms with E-state index in [1.807, 2.05) is 0 Å². The Balaban J connectivity index is 1.57. The Morgan fingerprint density at radius 1 is 1.11 bits per heavy atom. The summed E-state index contributed by atoms with van der Waals surface area (Å²) in [5.74, 6) is 1.03. The highest BCUT2D eigenvalue weighted by molar-refractivity contribution is 6.37. The lowest BCUT2D eigenvalue weighted by molar-refractivity contribution is 0.145. The first-order valence-corrected chi connectivity index (χ1v) is 12.5. The van der Waals surface area contributed by atoms with Gasteiger partial charge in [-0.15, -0.1) is 0 Å². The van der Waals surface area contributed by atoms with Gasteiger partial charge in [0.05, 0.1) is 52.8 Å². The molecule has 0 radical (unpaired) electrons. The molecular weight excluding hydrogens is 501 g/mol. The van der Waals surface area contributed by atoms with Gasteiger partial charge in [0.1, 0.15) is 17.6 Å². The maximum atomic E-state index is 10.1. The fourth-order valence-corrected chi connectivity index (χ4v) is 4.71. The highest BCUT2D eigenvalue weighted by Crippen LogP contribution is 2.39. The number of benzene rings is 2. The first-order valence-electron chi connectivity index (χ1n) is 11.7. The van der Waals surface area contributed by atoms with Crippen LogP contribution in [0.5, 0.6) is 11.5 Å². The Hall–Kier alpha value is -2.80. The predicted octanol–water partition coefficient (Wildman–Crippen LogP) is 4.67. The third-order valence-electron chi connectivity index (χ3n) is 6.31. The summed E-state index contributed by atoms with van der Waals surface area (Å²) in [4.78, 5) is 9.23. The topological polar surface area (TPSA) is 93.9 Å². The van der Waals surface area contributed by atoms with E-state index in [1.54, 1.807) is 24.3 Å². The maximum Gasteiger partial charge on any atom is 0.139 e. The minimum absolute atomic E-state index is 0.213. The van der Waals surface area contributed by atoms with Crippen molar-refractivity contribution in [3.63, 3.8) is 0 Å². The van der Waals surface area contributed by atoms with Crippen LogP contribution in [-0.4, -0.2) is 73.4 Å². The van der Waals surface area contributed by atoms with Gasteiger partial charge in [-0.2, -0.15) is 5.26 Å². The molecule has 0 aliphatic carbocycles. The van der Waals surface area contributed by atoms with Crippen molar-refractivity contribution in [1.82, 2.24) is 14.8 Å². The first kappa shape index (κ1) is 26.3. The summed E-state index contributed by atoms with van der Waals surface area (Å²) in [6.45, 7) is 5.60. The SMILES string of the molecule is COc1cc(Nc2c(C#N)cnc3cc(OCCCN4CCN(C)CC4)c(CO)cc23)c(Cl)cc1Cl. The number of piperazine rings is 1. The van der Waals surface area contributed by atoms with E-state index in [4.69, 9.17) is 32.7 Å². The van der Waals surface area contributed by atoms with Crippen molar-refractivity contribution in [3.8, 4) is 17.6 Å². The Labute approximate surface area is 220 Å². The molecule has 1 aliphatic heterocycles. The Morgan fingerprint density at radius 3 is 2.58 bits per heavy atom. The smallest absolute Gasteiger partial charge is 0.139 e. The molecule has 36 heavy (non-hydrogen) atoms. The van der Waals surface area contributed by atoms with Crippen molar-refractivity contribution in [2.75, 3.05) is 58.8 Å². The number of likely N-dealkylation sites (N-methyl/N-ethyl adjacent to an activating group) is 1. The Morgan fingerprint density at radius 2 is 1.89 bits per heavy atom. The molecule has 0 unspecified atom stereocenters. The number of nitriles is 1. The van der Waals surface area contributed by atoms with Gasteiger partial charge in [-0.05, 0) is 25.6 Å². The molecule has 2 N–H and O–H groups in total. The molecule has 1 aliphatic rings. The minimum Gasteiger partial charge on any atom is -0.495 e. The number of anilines is 2. The van der Waals surface area contributed by atoms with E-state index in [1.165, 1.54) is 13.3 Å². The highest BCUT2D eigenvalue weighted by atomic mass is 35.5. The number of halogens is 2. The lowest BCUT2D eigenvalue weighted by atomic mass is 10.1. The van der Waals surface area contributed by atoms with Crippen molar-refractivity contribution in [1.29, 1.82) is 5.26 Å². The van der Waals surface area contributed by atoms with Gasteiger partial charge in [0.2, 0.25) is 0 Å². The van der Waals surface area contributed by atoms with E-state index < -0.39 is 0 Å². The Bertz CT molecular complexity index is 1270. The minimum atomic E-state index is -0.213. The van der Waals surface area contributed by atoms with Crippen LogP contribution in [0, 0.1) is 11.3 Å². The van der Waals surface area contributed by atoms with Crippen LogP contribution in [0.1, 0.15) is 17.5 Å². The molecule has 0 spiro atoms. The van der Waals surface area contributed by atoms with Gasteiger partial charge in [0.25, 0.3) is 0 Å². The van der Waals surface area contributed by atoms with Crippen molar-refractivity contribution in [2.45, 2.75) is 13.0 Å². The second kappa shape index (κ2) is 12.0. The molecule has 2 heterocycles. The van der Waals surface area contributed by atoms with E-state index in [0.29, 0.717) is 61.6 Å². The average molecular weight is 530 g/mol. The Kier molecular flexibility index (Phi) is 8.72. The zero-order valence-electron chi connectivity index (χ0n) is 20.4. The summed E-state index contributed by atoms with van der Waals surface area (Å²) in [5, 5.41) is 24.4. The van der Waals surface area contributed by atoms with E-state index in [9.17, 15) is 10.4 Å². The van der Waals surface area contributed by atoms with Gasteiger partial charge >= 0.3 is 0 Å². The number of ether oxygens (including phenoxy) is 2. The van der Waals surface area contributed by atoms with Crippen molar-refractivity contribution in [2.24, 2.45) is 0 Å². The van der Waals surface area contributed by atoms with Crippen LogP contribution in [-0.2, 0) is 6.61 Å². The standard InChI is InChI=1S/C26H29Cl2N5O3/c1-32-5-7-33(8-6-32)4-3-9-36-24-12-22-19(10-17(24)16-34)26(18(14-29)15-30-22)31-23-13-25(35-2)21(28)11-20(23)27/h10-13,15,34H,3-9,16H2,1-2H3,(H,30,31). The lowest BCUT2D eigenvalue weighted by Crippen LogP contribution is -2.44. The number of rotatable bonds is 9. The quantitative estimate of drug-likeness (QED) is 0.386. The molecule has 0 amide bonds. The van der Waals surface area contributed by atoms with Crippen LogP contribution in [0.25, 0.3) is 10.9 Å². The van der Waals surface area contributed by atoms with Gasteiger partial charge in [0, 0.05) is 62.0 Å². The predicted molar refractivity (Wildman–Crippen MR) is 143 cm³/mol. The summed E-state index contributed by atoms with van der Waals surface area (Å²) < 4.78 is 11.4. The molecule has 2 aromatic carbocycles. The molecule has 1 fully saturated rings. The molecular formula is C26H29Cl2N5O3. The van der Waals surface area contributed by atoms with E-state index in [-0.39, 0.29) is 6.61 Å². The van der Waals surface area contributed by atoms with Crippen LogP contribution in [0.15, 0.2) is 30.5 Å². The number of methoxy groups -OCH3 is 1. The monoisotopic (exact) mass is 529 g/mol. The summed E-state index contributed by atoms with van der Waals surface area (Å²) in [7, 11) is 3.66. The number of nitrogens with one attached hydrogen (secondary N) is 1. The molecule has 10 heteroatoms. The fraction of sp³-hybridized carbons (Fsp3) is 0.385. The maximum absolute atomic E-state index is 10.1. The second-order valence-electron chi connectivity index (χ2n) is 8.73. The van der Waals surface area contributed by atoms with Crippen LogP contribution in [0.2, 0.25) is 10.0 Å². The van der Waals surface area contributed by atoms with Crippen molar-refractivity contribution in [3.05, 3.63) is 51.6 Å². The van der Waals surface area contributed by atoms with Crippen LogP contribution < -0.4 is 14.8 Å². The summed E-state index contributed by atoms with van der Waals surface area (Å²) >= 11 is 12.6. The van der Waals surface area contributed by atoms with E-state index >= 15 is 0 Å². The molecule has 0 bridgehead atoms. The number of pyridine rings is 1. The first-order chi connectivity index (χ1) is 17.4. The van der Waals surface area contributed by atoms with Crippen LogP contribution in [0.4, 0.5) is 11.4 Å². The molecule has 1 saturated heterocycles. The van der Waals surface area contributed by atoms with Gasteiger partial charge in [-0.3, -0.25) is 4.98 Å². The van der Waals surface area contributed by atoms with Gasteiger partial charge in [-0.25, -0.2) is 0 Å². The zero-order chi connectivity index (χ0) is 25.7. The molecule has 190 valence electrons. The van der Waals surface area contributed by atoms with E-state index in [0.717, 1.165) is 39.1 Å². The molecule has 8 nitrogen and oxygen atoms in total. The van der Waals surface area contributed by atoms with Gasteiger partial charge in [-0.1, -0.05) is 23.2 Å². The molecule has 0 atom stereocenters. The van der Waals surface area contributed by atoms with Crippen molar-refractivity contribution < 1.29 is 14.6 Å². The number of hydrogen-bond acceptors (Lipinski definition) is 8. The number of aliphatic hydroxyl groups is 1. The molecule has 4 rings (SSSR count). The van der Waals surface area contributed by atoms with Gasteiger partial charge < -0.3 is 29.7 Å². The molecule has 3 aromatic rings. The van der Waals surface area contributed by atoms with Gasteiger partial charge in [0.15, 0.2) is 0 Å². The summed E-state index contributed by atoms with van der Waals surface area (Å²) in [6.07, 6.45) is 2.39. The number of hydrogen-bond donors (Lipinski definition) is 2. The largest absolute Gasteiger partial charge is 0.495 e. The lowest BCUT2D eigenvalue weighted by Gasteiger charge is -2.32.